The molecule has 12 nitrogen and oxygen atoms in total. The number of carbonyl (C=O) groups is 1. The Morgan fingerprint density at radius 1 is 0.404 bits per heavy atom. The summed E-state index contributed by atoms with van der Waals surface area (Å²) in [6.45, 7) is 1.46. The van der Waals surface area contributed by atoms with Crippen molar-refractivity contribution >= 4 is 16.9 Å². The third-order valence-corrected chi connectivity index (χ3v) is 15.3. The first-order valence-corrected chi connectivity index (χ1v) is 29.8. The highest BCUT2D eigenvalue weighted by atomic mass is 16.6. The van der Waals surface area contributed by atoms with Crippen LogP contribution in [-0.2, 0) is 69.9 Å². The smallest absolute Gasteiger partial charge is 0.343 e. The summed E-state index contributed by atoms with van der Waals surface area (Å²) in [5, 5.41) is -0.0405. The predicted octanol–water partition coefficient (Wildman–Crippen LogP) is 15.8. The largest absolute Gasteiger partial charge is 0.489 e. The SMILES string of the molecule is O=C(Oc1c([C@@H]2O[C@H](COCc3ccccc3)[C@@H](OCc3ccccc3)[C@H](OCc3ccccc3)[C@H]2OCc2ccccc2)c(OCc2ccccc2)cc2oc(-c3ccc(OCc4ccccc4)cc3)cc(=O)c12)c1ccc(OCc2ccccc2)cc1. The predicted molar refractivity (Wildman–Crippen MR) is 340 cm³/mol. The molecule has 0 unspecified atom stereocenters. The molecule has 0 aliphatic carbocycles. The van der Waals surface area contributed by atoms with Crippen LogP contribution in [-0.4, -0.2) is 37.0 Å². The van der Waals surface area contributed by atoms with Gasteiger partial charge in [0.25, 0.3) is 0 Å². The van der Waals surface area contributed by atoms with Gasteiger partial charge in [0.15, 0.2) is 11.2 Å². The van der Waals surface area contributed by atoms with Crippen LogP contribution in [0.15, 0.2) is 282 Å². The third kappa shape index (κ3) is 15.6. The first-order valence-electron chi connectivity index (χ1n) is 29.8. The van der Waals surface area contributed by atoms with Crippen molar-refractivity contribution in [2.45, 2.75) is 76.8 Å². The maximum Gasteiger partial charge on any atom is 0.343 e. The molecule has 12 heteroatoms. The Labute approximate surface area is 517 Å². The van der Waals surface area contributed by atoms with Gasteiger partial charge in [-0.1, -0.05) is 212 Å². The van der Waals surface area contributed by atoms with Crippen LogP contribution in [0.3, 0.4) is 0 Å². The minimum atomic E-state index is -1.23. The van der Waals surface area contributed by atoms with Gasteiger partial charge in [-0.3, -0.25) is 4.79 Å². The molecule has 89 heavy (non-hydrogen) atoms. The maximum atomic E-state index is 15.5. The molecule has 2 heterocycles. The summed E-state index contributed by atoms with van der Waals surface area (Å²) in [7, 11) is 0. The molecule has 0 N–H and O–H groups in total. The Hall–Kier alpha value is -9.92. The minimum Gasteiger partial charge on any atom is -0.489 e. The molecule has 0 saturated carbocycles. The van der Waals surface area contributed by atoms with E-state index in [0.29, 0.717) is 30.3 Å². The normalized spacial score (nSPS) is 16.3. The summed E-state index contributed by atoms with van der Waals surface area (Å²) < 4.78 is 68.6. The van der Waals surface area contributed by atoms with Gasteiger partial charge in [-0.05, 0) is 87.5 Å². The zero-order valence-electron chi connectivity index (χ0n) is 48.9. The summed E-state index contributed by atoms with van der Waals surface area (Å²) in [4.78, 5) is 30.6. The molecule has 0 radical (unpaired) electrons. The average molecular weight is 1180 g/mol. The van der Waals surface area contributed by atoms with Crippen LogP contribution in [0, 0.1) is 0 Å². The van der Waals surface area contributed by atoms with E-state index in [-0.39, 0.29) is 79.0 Å². The van der Waals surface area contributed by atoms with E-state index in [1.165, 1.54) is 6.07 Å². The van der Waals surface area contributed by atoms with Gasteiger partial charge in [-0.25, -0.2) is 4.79 Å². The van der Waals surface area contributed by atoms with Crippen LogP contribution in [0.25, 0.3) is 22.3 Å². The number of ether oxygens (including phenoxy) is 9. The topological polar surface area (TPSA) is 130 Å². The Kier molecular flexibility index (Phi) is 19.8. The number of hydrogen-bond donors (Lipinski definition) is 0. The lowest BCUT2D eigenvalue weighted by Crippen LogP contribution is -2.58. The molecule has 0 spiro atoms. The molecule has 1 aromatic heterocycles. The summed E-state index contributed by atoms with van der Waals surface area (Å²) in [6.07, 6.45) is -4.93. The minimum absolute atomic E-state index is 0.0185. The van der Waals surface area contributed by atoms with Crippen molar-refractivity contribution in [3.8, 4) is 34.3 Å². The summed E-state index contributed by atoms with van der Waals surface area (Å²) in [5.41, 5.74) is 7.05. The molecular weight excluding hydrogens is 1120 g/mol. The van der Waals surface area contributed by atoms with Crippen molar-refractivity contribution in [3.63, 3.8) is 0 Å². The number of hydrogen-bond acceptors (Lipinski definition) is 12. The third-order valence-electron chi connectivity index (χ3n) is 15.3. The molecule has 12 rings (SSSR count). The Balaban J connectivity index is 1.02. The molecule has 1 saturated heterocycles. The number of esters is 1. The number of benzene rings is 10. The number of carbonyl (C=O) groups excluding carboxylic acids is 1. The molecule has 1 aliphatic heterocycles. The fourth-order valence-electron chi connectivity index (χ4n) is 10.7. The van der Waals surface area contributed by atoms with E-state index in [1.807, 2.05) is 237 Å². The first kappa shape index (κ1) is 59.4. The van der Waals surface area contributed by atoms with E-state index >= 15 is 9.59 Å². The zero-order chi connectivity index (χ0) is 60.4. The molecule has 0 amide bonds. The second-order valence-corrected chi connectivity index (χ2v) is 21.6. The van der Waals surface area contributed by atoms with Crippen LogP contribution in [0.2, 0.25) is 0 Å². The summed E-state index contributed by atoms with van der Waals surface area (Å²) in [5.74, 6) is 0.675. The van der Waals surface area contributed by atoms with Crippen molar-refractivity contribution in [1.29, 1.82) is 0 Å². The van der Waals surface area contributed by atoms with E-state index in [0.717, 1.165) is 38.9 Å². The molecule has 11 aromatic rings. The maximum absolute atomic E-state index is 15.5. The Bertz CT molecular complexity index is 4040. The highest BCUT2D eigenvalue weighted by Crippen LogP contribution is 2.49. The number of rotatable bonds is 26. The van der Waals surface area contributed by atoms with E-state index in [9.17, 15) is 0 Å². The molecule has 446 valence electrons. The van der Waals surface area contributed by atoms with E-state index in [1.54, 1.807) is 30.3 Å². The van der Waals surface area contributed by atoms with Gasteiger partial charge in [0.05, 0.1) is 44.2 Å². The molecule has 5 atom stereocenters. The van der Waals surface area contributed by atoms with Crippen LogP contribution >= 0.6 is 0 Å². The second kappa shape index (κ2) is 29.7. The molecular formula is C77H66O12. The van der Waals surface area contributed by atoms with E-state index in [2.05, 4.69) is 0 Å². The van der Waals surface area contributed by atoms with Gasteiger partial charge in [-0.2, -0.15) is 0 Å². The lowest BCUT2D eigenvalue weighted by molar-refractivity contribution is -0.275. The van der Waals surface area contributed by atoms with Crippen molar-refractivity contribution < 1.29 is 51.8 Å². The summed E-state index contributed by atoms with van der Waals surface area (Å²) >= 11 is 0. The zero-order valence-corrected chi connectivity index (χ0v) is 48.9. The average Bonchev–Trinajstić information content (AvgIpc) is 1.31. The highest BCUT2D eigenvalue weighted by Gasteiger charge is 2.51. The fourth-order valence-corrected chi connectivity index (χ4v) is 10.7. The number of fused-ring (bicyclic) bond motifs is 1. The fraction of sp³-hybridized carbons (Fsp3) is 0.169. The van der Waals surface area contributed by atoms with Crippen molar-refractivity contribution in [3.05, 3.63) is 333 Å². The van der Waals surface area contributed by atoms with E-state index < -0.39 is 41.9 Å². The second-order valence-electron chi connectivity index (χ2n) is 21.6. The van der Waals surface area contributed by atoms with Gasteiger partial charge in [0.1, 0.15) is 84.3 Å². The Morgan fingerprint density at radius 2 is 0.809 bits per heavy atom. The van der Waals surface area contributed by atoms with Gasteiger partial charge >= 0.3 is 5.97 Å². The van der Waals surface area contributed by atoms with Crippen LogP contribution in [0.1, 0.15) is 61.0 Å². The van der Waals surface area contributed by atoms with Crippen LogP contribution in [0.4, 0.5) is 0 Å². The molecule has 1 fully saturated rings. The van der Waals surface area contributed by atoms with Gasteiger partial charge in [-0.15, -0.1) is 0 Å². The lowest BCUT2D eigenvalue weighted by Gasteiger charge is -2.46. The van der Waals surface area contributed by atoms with Gasteiger partial charge < -0.3 is 47.0 Å². The highest BCUT2D eigenvalue weighted by molar-refractivity contribution is 5.96. The van der Waals surface area contributed by atoms with Crippen molar-refractivity contribution in [2.24, 2.45) is 0 Å². The van der Waals surface area contributed by atoms with Gasteiger partial charge in [0.2, 0.25) is 0 Å². The van der Waals surface area contributed by atoms with Crippen molar-refractivity contribution in [2.75, 3.05) is 6.61 Å². The van der Waals surface area contributed by atoms with Gasteiger partial charge in [0, 0.05) is 17.7 Å². The monoisotopic (exact) mass is 1180 g/mol. The standard InChI is InChI=1S/C77H66O12/c78-65-44-66(61-36-40-63(41-37-61)81-47-55-24-10-2-11-25-55)87-68-45-67(83-49-57-28-14-4-15-29-57)71(73(70(65)68)89-77(79)62-38-42-64(43-39-62)82-48-56-26-12-3-13-27-56)74-76(86-52-60-34-20-7-21-35-60)75(85-51-59-32-18-6-19-33-59)72(84-50-58-30-16-5-17-31-58)69(88-74)53-80-46-54-22-8-1-9-23-54/h1-45,69,72,74-76H,46-53H2/t69-,72-,74+,75+,76+/m1/s1. The molecule has 10 aromatic carbocycles. The quantitative estimate of drug-likeness (QED) is 0.0378. The molecule has 1 aliphatic rings. The Morgan fingerprint density at radius 3 is 1.28 bits per heavy atom. The lowest BCUT2D eigenvalue weighted by atomic mass is 9.88. The van der Waals surface area contributed by atoms with E-state index in [4.69, 9.17) is 47.0 Å². The molecule has 0 bridgehead atoms. The summed E-state index contributed by atoms with van der Waals surface area (Å²) in [6, 6.07) is 85.9. The van der Waals surface area contributed by atoms with Crippen molar-refractivity contribution in [1.82, 2.24) is 0 Å². The first-order chi connectivity index (χ1) is 43.9. The van der Waals surface area contributed by atoms with Crippen LogP contribution in [0.5, 0.6) is 23.0 Å². The van der Waals surface area contributed by atoms with Crippen LogP contribution < -0.4 is 24.4 Å².